The average Bonchev–Trinajstić information content (AvgIpc) is 3.72. The Morgan fingerprint density at radius 2 is 1.00 bits per heavy atom. The fourth-order valence-electron chi connectivity index (χ4n) is 8.88. The Hall–Kier alpha value is -4.04. The molecule has 0 saturated carbocycles. The maximum Gasteiger partial charge on any atom is 0.253 e. The molecule has 0 aliphatic carbocycles. The number of para-hydroxylation sites is 1. The van der Waals surface area contributed by atoms with Crippen molar-refractivity contribution >= 4 is 145 Å². The van der Waals surface area contributed by atoms with Crippen LogP contribution in [0.15, 0.2) is 151 Å². The number of rotatable bonds is 0. The molecule has 0 atom stereocenters. The SMILES string of the molecule is c1ccc2c(c1)Oc1cc3sc4ccccc4c3c3c1B2c1cc2c(cc1S3)Sc1cc3sc4ccccc4c3c3c1B2c1ccccc1S3. The number of thiophene rings is 2. The molecule has 0 spiro atoms. The predicted octanol–water partition coefficient (Wildman–Crippen LogP) is 8.95. The van der Waals surface area contributed by atoms with E-state index in [2.05, 4.69) is 121 Å². The molecule has 50 heavy (non-hydrogen) atoms. The molecule has 0 radical (unpaired) electrons. The molecule has 9 aromatic rings. The van der Waals surface area contributed by atoms with Gasteiger partial charge in [0.1, 0.15) is 11.5 Å². The van der Waals surface area contributed by atoms with E-state index in [0.29, 0.717) is 0 Å². The maximum atomic E-state index is 6.77. The molecule has 0 amide bonds. The van der Waals surface area contributed by atoms with Crippen molar-refractivity contribution in [2.24, 2.45) is 0 Å². The van der Waals surface area contributed by atoms with Crippen LogP contribution < -0.4 is 37.5 Å². The summed E-state index contributed by atoms with van der Waals surface area (Å²) in [7, 11) is 0. The third kappa shape index (κ3) is 3.51. The predicted molar refractivity (Wildman–Crippen MR) is 220 cm³/mol. The highest BCUT2D eigenvalue weighted by molar-refractivity contribution is 8.02. The first-order valence-electron chi connectivity index (χ1n) is 16.8. The van der Waals surface area contributed by atoms with E-state index < -0.39 is 0 Å². The summed E-state index contributed by atoms with van der Waals surface area (Å²) in [5.74, 6) is 1.98. The smallest absolute Gasteiger partial charge is 0.253 e. The Labute approximate surface area is 309 Å². The van der Waals surface area contributed by atoms with Crippen LogP contribution in [0.3, 0.4) is 0 Å². The van der Waals surface area contributed by atoms with Crippen LogP contribution in [0.4, 0.5) is 0 Å². The number of hydrogen-bond acceptors (Lipinski definition) is 6. The fraction of sp³-hybridized carbons (Fsp3) is 0. The van der Waals surface area contributed by atoms with Crippen LogP contribution in [0.5, 0.6) is 11.5 Å². The molecule has 8 heteroatoms. The Kier molecular flexibility index (Phi) is 5.44. The van der Waals surface area contributed by atoms with Crippen molar-refractivity contribution in [2.45, 2.75) is 29.4 Å². The summed E-state index contributed by atoms with van der Waals surface area (Å²) in [6, 6.07) is 45.7. The molecular weight excluding hydrogens is 702 g/mol. The minimum atomic E-state index is 0.108. The van der Waals surface area contributed by atoms with Crippen LogP contribution in [0.1, 0.15) is 0 Å². The normalized spacial score (nSPS) is 14.6. The summed E-state index contributed by atoms with van der Waals surface area (Å²) < 4.78 is 12.2. The fourth-order valence-corrected chi connectivity index (χ4v) is 15.4. The highest BCUT2D eigenvalue weighted by Gasteiger charge is 2.44. The van der Waals surface area contributed by atoms with Gasteiger partial charge in [0.2, 0.25) is 6.71 Å². The van der Waals surface area contributed by atoms with Gasteiger partial charge in [-0.2, -0.15) is 0 Å². The second-order valence-electron chi connectivity index (χ2n) is 13.5. The van der Waals surface area contributed by atoms with E-state index in [4.69, 9.17) is 4.74 Å². The standard InChI is InChI=1S/C42H20B2OS5/c1-6-14-29-21(9-1)37-34(46-29)18-28-39-41(37)50-33-19-32-25(17-26(33)43(39)23-11-3-5-13-27(23)45-28)44-24-12-4-8-16-31(24)49-42-38-22-10-2-7-15-30(22)47-35(38)20-36(48-32)40(42)44/h1-20H. The molecule has 0 unspecified atom stereocenters. The van der Waals surface area contributed by atoms with Crippen molar-refractivity contribution in [1.29, 1.82) is 0 Å². The van der Waals surface area contributed by atoms with Crippen molar-refractivity contribution in [2.75, 3.05) is 0 Å². The Morgan fingerprint density at radius 1 is 0.400 bits per heavy atom. The third-order valence-electron chi connectivity index (χ3n) is 10.9. The van der Waals surface area contributed by atoms with Crippen molar-refractivity contribution in [3.63, 3.8) is 0 Å². The summed E-state index contributed by atoms with van der Waals surface area (Å²) in [6.45, 7) is 0.295. The lowest BCUT2D eigenvalue weighted by Gasteiger charge is -2.37. The summed E-state index contributed by atoms with van der Waals surface area (Å²) >= 11 is 9.72. The third-order valence-corrected chi connectivity index (χ3v) is 16.7. The van der Waals surface area contributed by atoms with Crippen LogP contribution >= 0.6 is 58.0 Å². The lowest BCUT2D eigenvalue weighted by molar-refractivity contribution is 0.487. The molecule has 4 aliphatic rings. The van der Waals surface area contributed by atoms with E-state index in [1.807, 2.05) is 58.0 Å². The average molecular weight is 723 g/mol. The van der Waals surface area contributed by atoms with Gasteiger partial charge >= 0.3 is 0 Å². The molecule has 1 nitrogen and oxygen atoms in total. The van der Waals surface area contributed by atoms with Gasteiger partial charge in [-0.3, -0.25) is 0 Å². The minimum Gasteiger partial charge on any atom is -0.458 e. The minimum absolute atomic E-state index is 0.108. The van der Waals surface area contributed by atoms with E-state index in [1.54, 1.807) is 0 Å². The zero-order chi connectivity index (χ0) is 32.2. The second-order valence-corrected chi connectivity index (χ2v) is 18.8. The first kappa shape index (κ1) is 27.7. The van der Waals surface area contributed by atoms with Gasteiger partial charge in [0.25, 0.3) is 6.71 Å². The molecular formula is C42H20B2OS5. The summed E-state index contributed by atoms with van der Waals surface area (Å²) in [5, 5.41) is 5.52. The molecule has 0 fully saturated rings. The first-order valence-corrected chi connectivity index (χ1v) is 20.9. The zero-order valence-electron chi connectivity index (χ0n) is 26.2. The van der Waals surface area contributed by atoms with Crippen molar-refractivity contribution in [3.05, 3.63) is 121 Å². The molecule has 7 aromatic carbocycles. The van der Waals surface area contributed by atoms with E-state index in [9.17, 15) is 0 Å². The summed E-state index contributed by atoms with van der Waals surface area (Å²) in [6.07, 6.45) is 0. The maximum absolute atomic E-state index is 6.77. The van der Waals surface area contributed by atoms with Crippen LogP contribution in [-0.2, 0) is 0 Å². The van der Waals surface area contributed by atoms with Gasteiger partial charge in [0, 0.05) is 69.7 Å². The van der Waals surface area contributed by atoms with E-state index in [0.717, 1.165) is 11.5 Å². The highest BCUT2D eigenvalue weighted by Crippen LogP contribution is 2.50. The second kappa shape index (κ2) is 9.84. The summed E-state index contributed by atoms with van der Waals surface area (Å²) in [5.41, 5.74) is 8.34. The lowest BCUT2D eigenvalue weighted by Crippen LogP contribution is -2.62. The largest absolute Gasteiger partial charge is 0.458 e. The van der Waals surface area contributed by atoms with E-state index >= 15 is 0 Å². The quantitative estimate of drug-likeness (QED) is 0.145. The molecule has 6 heterocycles. The van der Waals surface area contributed by atoms with Crippen LogP contribution in [0.25, 0.3) is 40.3 Å². The molecule has 0 bridgehead atoms. The Balaban J connectivity index is 1.11. The van der Waals surface area contributed by atoms with Crippen molar-refractivity contribution in [1.82, 2.24) is 0 Å². The zero-order valence-corrected chi connectivity index (χ0v) is 30.2. The van der Waals surface area contributed by atoms with Crippen LogP contribution in [-0.4, -0.2) is 13.4 Å². The van der Waals surface area contributed by atoms with Gasteiger partial charge in [-0.25, -0.2) is 0 Å². The molecule has 230 valence electrons. The van der Waals surface area contributed by atoms with Gasteiger partial charge in [0.05, 0.1) is 0 Å². The van der Waals surface area contributed by atoms with Gasteiger partial charge in [-0.05, 0) is 58.9 Å². The van der Waals surface area contributed by atoms with Gasteiger partial charge in [-0.1, -0.05) is 131 Å². The highest BCUT2D eigenvalue weighted by atomic mass is 32.2. The van der Waals surface area contributed by atoms with Gasteiger partial charge in [0.15, 0.2) is 0 Å². The molecule has 0 saturated heterocycles. The van der Waals surface area contributed by atoms with Gasteiger partial charge < -0.3 is 4.74 Å². The van der Waals surface area contributed by atoms with E-state index in [1.165, 1.54) is 102 Å². The molecule has 2 aromatic heterocycles. The molecule has 0 N–H and O–H groups in total. The van der Waals surface area contributed by atoms with Crippen molar-refractivity contribution in [3.8, 4) is 11.5 Å². The lowest BCUT2D eigenvalue weighted by atomic mass is 9.32. The number of hydrogen-bond donors (Lipinski definition) is 0. The van der Waals surface area contributed by atoms with E-state index in [-0.39, 0.29) is 13.4 Å². The Morgan fingerprint density at radius 3 is 1.80 bits per heavy atom. The first-order chi connectivity index (χ1) is 24.8. The Bertz CT molecular complexity index is 3010. The van der Waals surface area contributed by atoms with Crippen molar-refractivity contribution < 1.29 is 4.74 Å². The number of ether oxygens (including phenoxy) is 1. The molecule has 13 rings (SSSR count). The number of fused-ring (bicyclic) bond motifs is 16. The van der Waals surface area contributed by atoms with Crippen LogP contribution in [0, 0.1) is 0 Å². The van der Waals surface area contributed by atoms with Gasteiger partial charge in [-0.15, -0.1) is 22.7 Å². The topological polar surface area (TPSA) is 9.23 Å². The molecule has 4 aliphatic heterocycles. The van der Waals surface area contributed by atoms with Crippen LogP contribution in [0.2, 0.25) is 0 Å². The number of benzene rings is 7. The summed E-state index contributed by atoms with van der Waals surface area (Å²) in [4.78, 5) is 8.33. The monoisotopic (exact) mass is 722 g/mol.